The predicted molar refractivity (Wildman–Crippen MR) is 129 cm³/mol. The van der Waals surface area contributed by atoms with Gasteiger partial charge < -0.3 is 14.7 Å². The summed E-state index contributed by atoms with van der Waals surface area (Å²) in [6.07, 6.45) is 9.06. The first-order chi connectivity index (χ1) is 17.9. The van der Waals surface area contributed by atoms with Crippen LogP contribution in [0, 0.1) is 5.82 Å². The molecule has 0 saturated carbocycles. The Morgan fingerprint density at radius 1 is 1.22 bits per heavy atom. The third kappa shape index (κ3) is 4.78. The minimum Gasteiger partial charge on any atom is -0.492 e. The molecule has 13 nitrogen and oxygen atoms in total. The van der Waals surface area contributed by atoms with Crippen molar-refractivity contribution in [3.63, 3.8) is 0 Å². The third-order valence-electron chi connectivity index (χ3n) is 5.68. The summed E-state index contributed by atoms with van der Waals surface area (Å²) in [6.45, 7) is 0.594. The zero-order valence-corrected chi connectivity index (χ0v) is 20.2. The molecule has 1 aliphatic carbocycles. The molecule has 0 radical (unpaired) electrons. The monoisotopic (exact) mass is 525 g/mol. The van der Waals surface area contributed by atoms with Gasteiger partial charge in [-0.05, 0) is 25.0 Å². The van der Waals surface area contributed by atoms with Gasteiger partial charge in [0.2, 0.25) is 33.7 Å². The van der Waals surface area contributed by atoms with Crippen LogP contribution in [0.2, 0.25) is 0 Å². The Hall–Kier alpha value is -4.58. The summed E-state index contributed by atoms with van der Waals surface area (Å²) in [6, 6.07) is 0. The zero-order valence-electron chi connectivity index (χ0n) is 19.4. The number of nitrogens with zero attached hydrogens (tertiary/aromatic N) is 8. The van der Waals surface area contributed by atoms with Crippen LogP contribution >= 0.6 is 0 Å². The standard InChI is InChI=1S/C22H20FN9O4S/c1-36-20-17(19(33)26-13-27-20)32-18(14-6-3-2-4-7-14)28-29-22(32)30-37(34,35)16-8-5-9-31(12-16)21-24-10-15(23)11-25-21/h2-3,6,10-11,13,16H,5,8-9,12H2,1H3,(H,29,30)(H,26,27,33)/t16-/m0/s1. The molecule has 3 aromatic heterocycles. The molecule has 0 amide bonds. The predicted octanol–water partition coefficient (Wildman–Crippen LogP) is 1.37. The highest BCUT2D eigenvalue weighted by Gasteiger charge is 2.34. The number of hydrogen-bond acceptors (Lipinski definition) is 11. The fraction of sp³-hybridized carbons (Fsp3) is 0.273. The van der Waals surface area contributed by atoms with Crippen LogP contribution in [-0.4, -0.2) is 73.7 Å². The van der Waals surface area contributed by atoms with Crippen molar-refractivity contribution >= 4 is 27.5 Å². The van der Waals surface area contributed by atoms with Gasteiger partial charge in [-0.1, -0.05) is 17.5 Å². The third-order valence-corrected chi connectivity index (χ3v) is 7.41. The molecular formula is C22H20FN9O4S. The molecule has 2 aliphatic rings. The number of anilines is 2. The molecule has 1 fully saturated rings. The molecule has 0 bridgehead atoms. The van der Waals surface area contributed by atoms with E-state index in [1.165, 1.54) is 11.7 Å². The van der Waals surface area contributed by atoms with Crippen molar-refractivity contribution in [3.05, 3.63) is 60.1 Å². The first kappa shape index (κ1) is 24.1. The molecular weight excluding hydrogens is 505 g/mol. The minimum atomic E-state index is -4.04. The van der Waals surface area contributed by atoms with Crippen LogP contribution in [0.5, 0.6) is 11.8 Å². The van der Waals surface area contributed by atoms with Gasteiger partial charge in [0.1, 0.15) is 6.33 Å². The van der Waals surface area contributed by atoms with Crippen molar-refractivity contribution in [2.75, 3.05) is 29.8 Å². The van der Waals surface area contributed by atoms with E-state index in [0.717, 1.165) is 18.7 Å². The van der Waals surface area contributed by atoms with E-state index in [0.29, 0.717) is 25.0 Å². The maximum absolute atomic E-state index is 13.5. The molecule has 190 valence electrons. The van der Waals surface area contributed by atoms with Crippen molar-refractivity contribution < 1.29 is 22.7 Å². The van der Waals surface area contributed by atoms with E-state index in [4.69, 9.17) is 4.74 Å². The highest BCUT2D eigenvalue weighted by molar-refractivity contribution is 7.93. The summed E-state index contributed by atoms with van der Waals surface area (Å²) >= 11 is 0. The highest BCUT2D eigenvalue weighted by atomic mass is 32.2. The van der Waals surface area contributed by atoms with Gasteiger partial charge in [-0.15, -0.1) is 10.2 Å². The normalized spacial score (nSPS) is 17.1. The quantitative estimate of drug-likeness (QED) is 0.429. The second-order valence-electron chi connectivity index (χ2n) is 8.01. The van der Waals surface area contributed by atoms with Gasteiger partial charge in [-0.2, -0.15) is 9.97 Å². The van der Waals surface area contributed by atoms with Gasteiger partial charge in [0, 0.05) is 13.1 Å². The van der Waals surface area contributed by atoms with Crippen LogP contribution in [-0.2, 0) is 10.0 Å². The molecule has 15 heteroatoms. The number of sulfonamides is 1. The van der Waals surface area contributed by atoms with Crippen LogP contribution in [0.25, 0.3) is 11.3 Å². The lowest BCUT2D eigenvalue weighted by Gasteiger charge is -2.32. The van der Waals surface area contributed by atoms with Crippen molar-refractivity contribution in [2.45, 2.75) is 18.1 Å². The smallest absolute Gasteiger partial charge is 0.245 e. The van der Waals surface area contributed by atoms with E-state index >= 15 is 0 Å². The summed E-state index contributed by atoms with van der Waals surface area (Å²) < 4.78 is 49.3. The number of aromatic hydroxyl groups is 1. The SMILES string of the molecule is COc1ncnc(O)c1-n1c(NS(=O)(=O)[C@H]2CCCN(c3ncc(F)cn3)C2)nnc1C1=C=C=CC=C1. The number of piperidine rings is 1. The molecule has 0 aromatic carbocycles. The first-order valence-corrected chi connectivity index (χ1v) is 12.6. The molecule has 1 saturated heterocycles. The Labute approximate surface area is 210 Å². The number of ether oxygens (including phenoxy) is 1. The van der Waals surface area contributed by atoms with Crippen molar-refractivity contribution in [3.8, 4) is 17.4 Å². The number of methoxy groups -OCH3 is 1. The summed E-state index contributed by atoms with van der Waals surface area (Å²) in [4.78, 5) is 17.4. The molecule has 0 spiro atoms. The second kappa shape index (κ2) is 9.82. The molecule has 4 heterocycles. The van der Waals surface area contributed by atoms with Gasteiger partial charge in [-0.25, -0.2) is 27.3 Å². The number of halogens is 1. The van der Waals surface area contributed by atoms with E-state index < -0.39 is 27.0 Å². The topological polar surface area (TPSA) is 161 Å². The van der Waals surface area contributed by atoms with E-state index in [9.17, 15) is 17.9 Å². The van der Waals surface area contributed by atoms with Gasteiger partial charge in [0.05, 0.1) is 30.3 Å². The molecule has 37 heavy (non-hydrogen) atoms. The fourth-order valence-electron chi connectivity index (χ4n) is 3.97. The largest absolute Gasteiger partial charge is 0.492 e. The van der Waals surface area contributed by atoms with E-state index in [1.807, 2.05) is 0 Å². The number of allylic oxidation sites excluding steroid dienone is 4. The lowest BCUT2D eigenvalue weighted by molar-refractivity contribution is 0.382. The number of nitrogens with one attached hydrogen (secondary N) is 1. The Morgan fingerprint density at radius 3 is 2.76 bits per heavy atom. The lowest BCUT2D eigenvalue weighted by atomic mass is 10.1. The highest BCUT2D eigenvalue weighted by Crippen LogP contribution is 2.34. The van der Waals surface area contributed by atoms with E-state index in [2.05, 4.69) is 46.3 Å². The minimum absolute atomic E-state index is 0.0359. The molecule has 1 aliphatic heterocycles. The van der Waals surface area contributed by atoms with Crippen LogP contribution in [0.15, 0.2) is 48.4 Å². The molecule has 5 rings (SSSR count). The fourth-order valence-corrected chi connectivity index (χ4v) is 5.38. The maximum atomic E-state index is 13.5. The average Bonchev–Trinajstić information content (AvgIpc) is 3.31. The van der Waals surface area contributed by atoms with Crippen LogP contribution < -0.4 is 14.4 Å². The Kier molecular flexibility index (Phi) is 6.40. The zero-order chi connectivity index (χ0) is 26.0. The maximum Gasteiger partial charge on any atom is 0.245 e. The van der Waals surface area contributed by atoms with Crippen molar-refractivity contribution in [2.24, 2.45) is 0 Å². The van der Waals surface area contributed by atoms with Gasteiger partial charge in [0.15, 0.2) is 17.3 Å². The molecule has 0 unspecified atom stereocenters. The van der Waals surface area contributed by atoms with Crippen LogP contribution in [0.1, 0.15) is 18.7 Å². The molecule has 1 atom stereocenters. The lowest BCUT2D eigenvalue weighted by Crippen LogP contribution is -2.45. The molecule has 2 N–H and O–H groups in total. The average molecular weight is 526 g/mol. The van der Waals surface area contributed by atoms with E-state index in [1.54, 1.807) is 23.1 Å². The Balaban J connectivity index is 1.53. The van der Waals surface area contributed by atoms with Crippen molar-refractivity contribution in [1.82, 2.24) is 34.7 Å². The summed E-state index contributed by atoms with van der Waals surface area (Å²) in [5.41, 5.74) is 6.04. The summed E-state index contributed by atoms with van der Waals surface area (Å²) in [5, 5.41) is 17.9. The van der Waals surface area contributed by atoms with Crippen LogP contribution in [0.4, 0.5) is 16.3 Å². The van der Waals surface area contributed by atoms with E-state index in [-0.39, 0.29) is 35.8 Å². The van der Waals surface area contributed by atoms with Gasteiger partial charge in [-0.3, -0.25) is 4.72 Å². The second-order valence-corrected chi connectivity index (χ2v) is 9.97. The Morgan fingerprint density at radius 2 is 2.03 bits per heavy atom. The first-order valence-electron chi connectivity index (χ1n) is 11.0. The number of aromatic nitrogens is 7. The van der Waals surface area contributed by atoms with Crippen LogP contribution in [0.3, 0.4) is 0 Å². The number of rotatable bonds is 7. The number of hydrogen-bond donors (Lipinski definition) is 2. The molecule has 3 aromatic rings. The van der Waals surface area contributed by atoms with Crippen molar-refractivity contribution in [1.29, 1.82) is 0 Å². The van der Waals surface area contributed by atoms with Gasteiger partial charge in [0.25, 0.3) is 0 Å². The Bertz CT molecular complexity index is 1570. The van der Waals surface area contributed by atoms with Gasteiger partial charge >= 0.3 is 0 Å². The summed E-state index contributed by atoms with van der Waals surface area (Å²) in [7, 11) is -2.70. The summed E-state index contributed by atoms with van der Waals surface area (Å²) in [5.74, 6) is -0.942.